The van der Waals surface area contributed by atoms with Gasteiger partial charge in [-0.2, -0.15) is 0 Å². The molecule has 3 heteroatoms. The number of nitrogens with one attached hydrogen (secondary N) is 1. The van der Waals surface area contributed by atoms with Crippen molar-refractivity contribution in [1.82, 2.24) is 0 Å². The molecule has 0 aromatic heterocycles. The highest BCUT2D eigenvalue weighted by molar-refractivity contribution is 8.07. The Hall–Kier alpha value is -2.91. The van der Waals surface area contributed by atoms with Crippen molar-refractivity contribution in [2.45, 2.75) is 27.7 Å². The first kappa shape index (κ1) is 20.8. The average Bonchev–Trinajstić information content (AvgIpc) is 2.69. The molecule has 3 rings (SSSR count). The van der Waals surface area contributed by atoms with Gasteiger partial charge in [0.05, 0.1) is 4.91 Å². The third kappa shape index (κ3) is 4.93. The van der Waals surface area contributed by atoms with E-state index in [4.69, 9.17) is 4.74 Å². The van der Waals surface area contributed by atoms with Crippen LogP contribution in [0.4, 0.5) is 5.69 Å². The van der Waals surface area contributed by atoms with E-state index in [9.17, 15) is 0 Å². The summed E-state index contributed by atoms with van der Waals surface area (Å²) >= 11 is 1.65. The van der Waals surface area contributed by atoms with Gasteiger partial charge in [-0.25, -0.2) is 0 Å². The van der Waals surface area contributed by atoms with Crippen molar-refractivity contribution in [3.8, 4) is 5.75 Å². The summed E-state index contributed by atoms with van der Waals surface area (Å²) in [5.41, 5.74) is 6.43. The zero-order valence-electron chi connectivity index (χ0n) is 17.5. The number of fused-ring (bicyclic) bond motifs is 1. The number of thioether (sulfide) groups is 1. The molecule has 0 saturated carbocycles. The molecule has 2 nitrogen and oxygen atoms in total. The lowest BCUT2D eigenvalue weighted by Gasteiger charge is -2.21. The van der Waals surface area contributed by atoms with Gasteiger partial charge < -0.3 is 10.1 Å². The van der Waals surface area contributed by atoms with Crippen molar-refractivity contribution in [2.24, 2.45) is 0 Å². The summed E-state index contributed by atoms with van der Waals surface area (Å²) < 4.78 is 5.97. The number of benzene rings is 2. The van der Waals surface area contributed by atoms with E-state index >= 15 is 0 Å². The van der Waals surface area contributed by atoms with Gasteiger partial charge in [0.1, 0.15) is 11.5 Å². The van der Waals surface area contributed by atoms with Crippen LogP contribution in [-0.4, -0.2) is 0 Å². The fraction of sp³-hybridized carbons (Fsp3) is 0.154. The van der Waals surface area contributed by atoms with Crippen LogP contribution in [0, 0.1) is 13.8 Å². The molecule has 1 aliphatic rings. The fourth-order valence-electron chi connectivity index (χ4n) is 3.10. The molecule has 1 aliphatic heterocycles. The molecule has 2 aromatic carbocycles. The average molecular weight is 402 g/mol. The molecule has 0 spiro atoms. The number of hydrogen-bond acceptors (Lipinski definition) is 3. The molecule has 0 atom stereocenters. The van der Waals surface area contributed by atoms with E-state index in [-0.39, 0.29) is 0 Å². The molecular weight excluding hydrogens is 374 g/mol. The third-order valence-electron chi connectivity index (χ3n) is 4.66. The van der Waals surface area contributed by atoms with Gasteiger partial charge in [0.25, 0.3) is 0 Å². The van der Waals surface area contributed by atoms with Crippen molar-refractivity contribution in [1.29, 1.82) is 0 Å². The summed E-state index contributed by atoms with van der Waals surface area (Å²) in [6.07, 6.45) is 8.33. The van der Waals surface area contributed by atoms with Crippen molar-refractivity contribution in [2.75, 3.05) is 5.32 Å². The number of rotatable bonds is 6. The van der Waals surface area contributed by atoms with E-state index in [1.54, 1.807) is 11.8 Å². The van der Waals surface area contributed by atoms with Crippen molar-refractivity contribution >= 4 is 29.2 Å². The first-order chi connectivity index (χ1) is 13.9. The smallest absolute Gasteiger partial charge is 0.134 e. The standard InChI is InChI=1S/C26H27NOS/c1-7-9-23(8-2)29-26-16-22-15-21(11-13-25(22)28-20(26)6)19(5)27-24-12-10-17(3)14-18(24)4/h7-16,27H,5-6H2,1-4H3/b9-7-,23-8+. The number of ether oxygens (including phenoxy) is 1. The Morgan fingerprint density at radius 1 is 1.10 bits per heavy atom. The van der Waals surface area contributed by atoms with Gasteiger partial charge in [-0.1, -0.05) is 60.8 Å². The van der Waals surface area contributed by atoms with E-state index in [0.717, 1.165) is 38.1 Å². The minimum atomic E-state index is 0.673. The molecule has 0 unspecified atom stereocenters. The van der Waals surface area contributed by atoms with Gasteiger partial charge in [0.2, 0.25) is 0 Å². The molecule has 0 saturated heterocycles. The zero-order valence-corrected chi connectivity index (χ0v) is 18.3. The van der Waals surface area contributed by atoms with Crippen LogP contribution in [0.3, 0.4) is 0 Å². The van der Waals surface area contributed by atoms with Gasteiger partial charge >= 0.3 is 0 Å². The first-order valence-corrected chi connectivity index (χ1v) is 10.5. The van der Waals surface area contributed by atoms with Crippen LogP contribution in [0.5, 0.6) is 5.75 Å². The van der Waals surface area contributed by atoms with E-state index in [1.807, 2.05) is 32.1 Å². The van der Waals surface area contributed by atoms with E-state index in [1.165, 1.54) is 11.1 Å². The molecule has 0 amide bonds. The minimum Gasteiger partial charge on any atom is -0.456 e. The van der Waals surface area contributed by atoms with E-state index < -0.39 is 0 Å². The van der Waals surface area contributed by atoms with Gasteiger partial charge in [-0.05, 0) is 69.2 Å². The molecule has 0 aliphatic carbocycles. The Balaban J connectivity index is 1.86. The maximum atomic E-state index is 5.97. The van der Waals surface area contributed by atoms with Gasteiger partial charge in [0, 0.05) is 21.9 Å². The summed E-state index contributed by atoms with van der Waals surface area (Å²) in [6, 6.07) is 12.5. The van der Waals surface area contributed by atoms with Crippen molar-refractivity contribution in [3.05, 3.63) is 106 Å². The Labute approximate surface area is 178 Å². The Kier molecular flexibility index (Phi) is 6.50. The lowest BCUT2D eigenvalue weighted by Crippen LogP contribution is -2.04. The Morgan fingerprint density at radius 2 is 1.90 bits per heavy atom. The SMILES string of the molecule is C=C1Oc2ccc(C(=C)Nc3ccc(C)cc3C)cc2C=C1SC(/C=C\C)=C/C. The molecule has 0 radical (unpaired) electrons. The lowest BCUT2D eigenvalue weighted by molar-refractivity contribution is 0.440. The molecule has 1 N–H and O–H groups in total. The van der Waals surface area contributed by atoms with Crippen LogP contribution in [0.1, 0.15) is 36.1 Å². The Bertz CT molecular complexity index is 1060. The molecule has 2 aromatic rings. The highest BCUT2D eigenvalue weighted by Gasteiger charge is 2.18. The van der Waals surface area contributed by atoms with E-state index in [2.05, 4.69) is 74.8 Å². The zero-order chi connectivity index (χ0) is 21.0. The summed E-state index contributed by atoms with van der Waals surface area (Å²) in [4.78, 5) is 2.16. The van der Waals surface area contributed by atoms with Crippen molar-refractivity contribution in [3.63, 3.8) is 0 Å². The predicted molar refractivity (Wildman–Crippen MR) is 129 cm³/mol. The quantitative estimate of drug-likeness (QED) is 0.498. The number of aryl methyl sites for hydroxylation is 2. The monoisotopic (exact) mass is 401 g/mol. The minimum absolute atomic E-state index is 0.673. The van der Waals surface area contributed by atoms with Crippen LogP contribution in [0.2, 0.25) is 0 Å². The van der Waals surface area contributed by atoms with Gasteiger partial charge in [-0.15, -0.1) is 0 Å². The largest absolute Gasteiger partial charge is 0.456 e. The molecule has 29 heavy (non-hydrogen) atoms. The van der Waals surface area contributed by atoms with Crippen molar-refractivity contribution < 1.29 is 4.74 Å². The molecule has 1 heterocycles. The fourth-order valence-corrected chi connectivity index (χ4v) is 4.02. The maximum Gasteiger partial charge on any atom is 0.134 e. The molecular formula is C26H27NOS. The highest BCUT2D eigenvalue weighted by Crippen LogP contribution is 2.40. The predicted octanol–water partition coefficient (Wildman–Crippen LogP) is 7.85. The third-order valence-corrected chi connectivity index (χ3v) is 5.84. The topological polar surface area (TPSA) is 21.3 Å². The number of anilines is 1. The summed E-state index contributed by atoms with van der Waals surface area (Å²) in [5, 5.41) is 3.44. The summed E-state index contributed by atoms with van der Waals surface area (Å²) in [6.45, 7) is 16.6. The number of hydrogen-bond donors (Lipinski definition) is 1. The van der Waals surface area contributed by atoms with Gasteiger partial charge in [-0.3, -0.25) is 0 Å². The van der Waals surface area contributed by atoms with Crippen LogP contribution >= 0.6 is 11.8 Å². The summed E-state index contributed by atoms with van der Waals surface area (Å²) in [5.74, 6) is 1.49. The first-order valence-electron chi connectivity index (χ1n) is 9.64. The summed E-state index contributed by atoms with van der Waals surface area (Å²) in [7, 11) is 0. The second kappa shape index (κ2) is 9.06. The molecule has 0 bridgehead atoms. The lowest BCUT2D eigenvalue weighted by atomic mass is 10.0. The maximum absolute atomic E-state index is 5.97. The second-order valence-corrected chi connectivity index (χ2v) is 8.12. The number of allylic oxidation sites excluding steroid dienone is 3. The van der Waals surface area contributed by atoms with E-state index in [0.29, 0.717) is 5.76 Å². The van der Waals surface area contributed by atoms with Crippen LogP contribution in [-0.2, 0) is 0 Å². The van der Waals surface area contributed by atoms with Gasteiger partial charge in [0.15, 0.2) is 0 Å². The molecule has 148 valence electrons. The van der Waals surface area contributed by atoms with Crippen LogP contribution < -0.4 is 10.1 Å². The highest BCUT2D eigenvalue weighted by atomic mass is 32.2. The normalized spacial score (nSPS) is 13.7. The second-order valence-electron chi connectivity index (χ2n) is 7.00. The van der Waals surface area contributed by atoms with Crippen LogP contribution in [0.25, 0.3) is 11.8 Å². The molecule has 0 fully saturated rings. The van der Waals surface area contributed by atoms with Crippen LogP contribution in [0.15, 0.2) is 83.4 Å². The Morgan fingerprint density at radius 3 is 2.59 bits per heavy atom.